The molecule has 0 radical (unpaired) electrons. The van der Waals surface area contributed by atoms with Crippen LogP contribution in [0.25, 0.3) is 0 Å². The van der Waals surface area contributed by atoms with Crippen LogP contribution in [0.2, 0.25) is 0 Å². The number of hydrogen-bond acceptors (Lipinski definition) is 7. The van der Waals surface area contributed by atoms with E-state index in [1.54, 1.807) is 34.9 Å². The first-order chi connectivity index (χ1) is 9.61. The number of thioether (sulfide) groups is 2. The average Bonchev–Trinajstić information content (AvgIpc) is 2.96. The Morgan fingerprint density at radius 1 is 1.40 bits per heavy atom. The summed E-state index contributed by atoms with van der Waals surface area (Å²) in [6.45, 7) is 0. The molecule has 3 N–H and O–H groups in total. The lowest BCUT2D eigenvalue weighted by Gasteiger charge is -2.27. The third-order valence-electron chi connectivity index (χ3n) is 3.83. The van der Waals surface area contributed by atoms with E-state index < -0.39 is 5.54 Å². The molecule has 2 atom stereocenters. The highest BCUT2D eigenvalue weighted by Gasteiger charge is 2.47. The summed E-state index contributed by atoms with van der Waals surface area (Å²) in [5.41, 5.74) is 5.16. The number of nitrogens with two attached hydrogens (primary N) is 1. The normalized spacial score (nSPS) is 29.8. The maximum Gasteiger partial charge on any atom is 0.237 e. The number of amides is 1. The van der Waals surface area contributed by atoms with Crippen molar-refractivity contribution >= 4 is 40.8 Å². The Hall–Kier alpha value is -0.310. The van der Waals surface area contributed by atoms with Gasteiger partial charge in [-0.25, -0.2) is 0 Å². The Labute approximate surface area is 130 Å². The summed E-state index contributed by atoms with van der Waals surface area (Å²) in [5, 5.41) is 12.2. The van der Waals surface area contributed by atoms with Crippen molar-refractivity contribution in [2.75, 3.05) is 6.26 Å². The van der Waals surface area contributed by atoms with Gasteiger partial charge in [0.2, 0.25) is 5.91 Å². The highest BCUT2D eigenvalue weighted by atomic mass is 32.2. The van der Waals surface area contributed by atoms with Crippen LogP contribution in [0.5, 0.6) is 0 Å². The van der Waals surface area contributed by atoms with Gasteiger partial charge in [-0.05, 0) is 38.4 Å². The average molecular weight is 331 g/mol. The molecule has 0 aliphatic heterocycles. The lowest BCUT2D eigenvalue weighted by atomic mass is 9.96. The van der Waals surface area contributed by atoms with Gasteiger partial charge in [-0.2, -0.15) is 0 Å². The van der Waals surface area contributed by atoms with Crippen molar-refractivity contribution in [3.63, 3.8) is 0 Å². The van der Waals surface area contributed by atoms with Crippen molar-refractivity contribution in [2.24, 2.45) is 5.73 Å². The smallest absolute Gasteiger partial charge is 0.237 e. The van der Waals surface area contributed by atoms with Crippen molar-refractivity contribution < 1.29 is 4.79 Å². The lowest BCUT2D eigenvalue weighted by Crippen LogP contribution is -2.54. The van der Waals surface area contributed by atoms with Gasteiger partial charge >= 0.3 is 0 Å². The van der Waals surface area contributed by atoms with Gasteiger partial charge in [0.05, 0.1) is 5.54 Å². The van der Waals surface area contributed by atoms with Crippen molar-refractivity contribution in [3.05, 3.63) is 0 Å². The molecule has 2 aliphatic carbocycles. The predicted molar refractivity (Wildman–Crippen MR) is 83.3 cm³/mol. The first-order valence-electron chi connectivity index (χ1n) is 6.73. The van der Waals surface area contributed by atoms with Crippen LogP contribution in [0, 0.1) is 0 Å². The minimum absolute atomic E-state index is 0.199. The van der Waals surface area contributed by atoms with Gasteiger partial charge in [-0.3, -0.25) is 4.79 Å². The molecule has 1 amide bonds. The zero-order chi connectivity index (χ0) is 14.2. The fourth-order valence-electron chi connectivity index (χ4n) is 2.62. The Morgan fingerprint density at radius 3 is 2.75 bits per heavy atom. The van der Waals surface area contributed by atoms with E-state index in [1.165, 1.54) is 12.8 Å². The summed E-state index contributed by atoms with van der Waals surface area (Å²) < 4.78 is 1.98. The third-order valence-corrected chi connectivity index (χ3v) is 7.08. The van der Waals surface area contributed by atoms with Gasteiger partial charge in [0.1, 0.15) is 0 Å². The van der Waals surface area contributed by atoms with E-state index in [0.717, 1.165) is 27.9 Å². The van der Waals surface area contributed by atoms with Crippen LogP contribution in [-0.4, -0.2) is 39.2 Å². The predicted octanol–water partition coefficient (Wildman–Crippen LogP) is 1.88. The Bertz CT molecular complexity index is 505. The molecule has 3 rings (SSSR count). The SMILES string of the molecule is CSc1nnc(SC2CCC(NC3CC3)(C(N)=O)C2)s1. The van der Waals surface area contributed by atoms with E-state index in [9.17, 15) is 4.79 Å². The van der Waals surface area contributed by atoms with E-state index in [-0.39, 0.29) is 5.91 Å². The molecule has 0 saturated heterocycles. The topological polar surface area (TPSA) is 80.9 Å². The van der Waals surface area contributed by atoms with Crippen LogP contribution < -0.4 is 11.1 Å². The molecular formula is C12H18N4OS3. The van der Waals surface area contributed by atoms with Crippen LogP contribution in [-0.2, 0) is 4.79 Å². The van der Waals surface area contributed by atoms with Gasteiger partial charge in [0.15, 0.2) is 8.68 Å². The summed E-state index contributed by atoms with van der Waals surface area (Å²) in [6, 6.07) is 0.496. The zero-order valence-corrected chi connectivity index (χ0v) is 13.7. The molecule has 2 aliphatic rings. The van der Waals surface area contributed by atoms with E-state index in [4.69, 9.17) is 5.73 Å². The maximum absolute atomic E-state index is 11.9. The largest absolute Gasteiger partial charge is 0.368 e. The minimum atomic E-state index is -0.494. The Balaban J connectivity index is 1.63. The number of aromatic nitrogens is 2. The molecule has 2 fully saturated rings. The molecule has 20 heavy (non-hydrogen) atoms. The second-order valence-corrected chi connectivity index (χ2v) is 8.96. The van der Waals surface area contributed by atoms with Crippen molar-refractivity contribution in [1.29, 1.82) is 0 Å². The molecule has 8 heteroatoms. The van der Waals surface area contributed by atoms with Crippen LogP contribution >= 0.6 is 34.9 Å². The molecule has 1 heterocycles. The maximum atomic E-state index is 11.9. The fraction of sp³-hybridized carbons (Fsp3) is 0.750. The molecule has 0 spiro atoms. The van der Waals surface area contributed by atoms with Crippen LogP contribution in [0.4, 0.5) is 0 Å². The van der Waals surface area contributed by atoms with E-state index in [0.29, 0.717) is 11.3 Å². The Morgan fingerprint density at radius 2 is 2.15 bits per heavy atom. The molecule has 110 valence electrons. The molecule has 0 aromatic carbocycles. The summed E-state index contributed by atoms with van der Waals surface area (Å²) in [5.74, 6) is -0.199. The number of hydrogen-bond donors (Lipinski definition) is 2. The summed E-state index contributed by atoms with van der Waals surface area (Å²) in [4.78, 5) is 11.9. The van der Waals surface area contributed by atoms with Crippen LogP contribution in [0.3, 0.4) is 0 Å². The van der Waals surface area contributed by atoms with Crippen molar-refractivity contribution in [3.8, 4) is 0 Å². The number of nitrogens with one attached hydrogen (secondary N) is 1. The molecule has 0 bridgehead atoms. The standard InChI is InChI=1S/C12H18N4OS3/c1-18-10-15-16-11(20-10)19-8-4-5-12(6-8,9(13)17)14-7-2-3-7/h7-8,14H,2-6H2,1H3,(H2,13,17). The molecule has 1 aromatic rings. The monoisotopic (exact) mass is 330 g/mol. The molecule has 2 saturated carbocycles. The lowest BCUT2D eigenvalue weighted by molar-refractivity contribution is -0.124. The highest BCUT2D eigenvalue weighted by molar-refractivity contribution is 8.03. The van der Waals surface area contributed by atoms with Gasteiger partial charge < -0.3 is 11.1 Å². The van der Waals surface area contributed by atoms with Crippen molar-refractivity contribution in [2.45, 2.75) is 57.6 Å². The second kappa shape index (κ2) is 5.82. The first kappa shape index (κ1) is 14.6. The van der Waals surface area contributed by atoms with E-state index >= 15 is 0 Å². The zero-order valence-electron chi connectivity index (χ0n) is 11.3. The van der Waals surface area contributed by atoms with Crippen LogP contribution in [0.15, 0.2) is 8.68 Å². The quantitative estimate of drug-likeness (QED) is 0.775. The number of nitrogens with zero attached hydrogens (tertiary/aromatic N) is 2. The number of carbonyl (C=O) groups excluding carboxylic acids is 1. The van der Waals surface area contributed by atoms with Crippen molar-refractivity contribution in [1.82, 2.24) is 15.5 Å². The molecule has 1 aromatic heterocycles. The van der Waals surface area contributed by atoms with Gasteiger partial charge in [0.25, 0.3) is 0 Å². The summed E-state index contributed by atoms with van der Waals surface area (Å²) in [6.07, 6.45) is 6.98. The van der Waals surface area contributed by atoms with Gasteiger partial charge in [-0.1, -0.05) is 34.9 Å². The van der Waals surface area contributed by atoms with E-state index in [2.05, 4.69) is 15.5 Å². The summed E-state index contributed by atoms with van der Waals surface area (Å²) in [7, 11) is 0. The molecule has 2 unspecified atom stereocenters. The third kappa shape index (κ3) is 3.13. The fourth-order valence-corrected chi connectivity index (χ4v) is 5.59. The summed E-state index contributed by atoms with van der Waals surface area (Å²) >= 11 is 4.97. The second-order valence-electron chi connectivity index (χ2n) is 5.39. The number of primary amides is 1. The number of carbonyl (C=O) groups is 1. The van der Waals surface area contributed by atoms with Crippen LogP contribution in [0.1, 0.15) is 32.1 Å². The highest BCUT2D eigenvalue weighted by Crippen LogP contribution is 2.42. The molecular weight excluding hydrogens is 312 g/mol. The van der Waals surface area contributed by atoms with Gasteiger partial charge in [0, 0.05) is 11.3 Å². The number of rotatable bonds is 6. The van der Waals surface area contributed by atoms with Gasteiger partial charge in [-0.15, -0.1) is 10.2 Å². The van der Waals surface area contributed by atoms with E-state index in [1.807, 2.05) is 6.26 Å². The Kier molecular flexibility index (Phi) is 4.26. The molecule has 5 nitrogen and oxygen atoms in total. The first-order valence-corrected chi connectivity index (χ1v) is 9.65. The minimum Gasteiger partial charge on any atom is -0.368 e.